The molecule has 1 fully saturated rings. The summed E-state index contributed by atoms with van der Waals surface area (Å²) in [6.45, 7) is 4.06. The Kier molecular flexibility index (Phi) is 4.99. The Balaban J connectivity index is 1.61. The highest BCUT2D eigenvalue weighted by Crippen LogP contribution is 2.41. The quantitative estimate of drug-likeness (QED) is 0.632. The van der Waals surface area contributed by atoms with Crippen molar-refractivity contribution in [3.8, 4) is 0 Å². The molecule has 0 bridgehead atoms. The molecule has 1 aliphatic rings. The first-order valence-electron chi connectivity index (χ1n) is 9.10. The first-order chi connectivity index (χ1) is 13.1. The maximum Gasteiger partial charge on any atom is 0.242 e. The molecule has 0 spiro atoms. The molecule has 0 radical (unpaired) electrons. The van der Waals surface area contributed by atoms with Gasteiger partial charge in [-0.1, -0.05) is 48.2 Å². The van der Waals surface area contributed by atoms with E-state index in [1.165, 1.54) is 11.8 Å². The minimum absolute atomic E-state index is 0.0541. The third kappa shape index (κ3) is 4.22. The van der Waals surface area contributed by atoms with Gasteiger partial charge in [-0.25, -0.2) is 0 Å². The second-order valence-electron chi connectivity index (χ2n) is 7.03. The number of aryl methyl sites for hydroxylation is 2. The highest BCUT2D eigenvalue weighted by Gasteiger charge is 2.30. The van der Waals surface area contributed by atoms with E-state index in [2.05, 4.69) is 26.1 Å². The first kappa shape index (κ1) is 17.8. The molecule has 4 rings (SSSR count). The van der Waals surface area contributed by atoms with Crippen molar-refractivity contribution in [3.05, 3.63) is 71.5 Å². The van der Waals surface area contributed by atoms with Gasteiger partial charge in [-0.2, -0.15) is 0 Å². The Hall–Kier alpha value is -2.60. The lowest BCUT2D eigenvalue weighted by molar-refractivity contribution is -0.115. The molecule has 27 heavy (non-hydrogen) atoms. The standard InChI is InChI=1S/C21H22N4OS/c1-14-10-15(2)12-17(11-14)23-20(26)19(16-6-4-3-5-7-16)27-21-24-22-13-25(21)18-8-9-18/h3-7,10-13,18-19H,8-9H2,1-2H3,(H,23,26)/t19-/m1/s1. The van der Waals surface area contributed by atoms with Gasteiger partial charge in [0, 0.05) is 11.7 Å². The van der Waals surface area contributed by atoms with E-state index < -0.39 is 5.25 Å². The summed E-state index contributed by atoms with van der Waals surface area (Å²) < 4.78 is 2.09. The van der Waals surface area contributed by atoms with Crippen LogP contribution in [0.3, 0.4) is 0 Å². The van der Waals surface area contributed by atoms with Crippen molar-refractivity contribution < 1.29 is 4.79 Å². The molecule has 1 aromatic heterocycles. The predicted molar refractivity (Wildman–Crippen MR) is 108 cm³/mol. The van der Waals surface area contributed by atoms with E-state index >= 15 is 0 Å². The number of aromatic nitrogens is 3. The number of carbonyl (C=O) groups is 1. The van der Waals surface area contributed by atoms with Crippen LogP contribution < -0.4 is 5.32 Å². The largest absolute Gasteiger partial charge is 0.325 e. The number of nitrogens with one attached hydrogen (secondary N) is 1. The summed E-state index contributed by atoms with van der Waals surface area (Å²) in [5, 5.41) is 11.8. The van der Waals surface area contributed by atoms with Crippen molar-refractivity contribution in [2.45, 2.75) is 43.1 Å². The van der Waals surface area contributed by atoms with Crippen molar-refractivity contribution in [3.63, 3.8) is 0 Å². The molecule has 0 aliphatic heterocycles. The van der Waals surface area contributed by atoms with Crippen LogP contribution in [0.4, 0.5) is 5.69 Å². The van der Waals surface area contributed by atoms with Crippen LogP contribution in [0.5, 0.6) is 0 Å². The smallest absolute Gasteiger partial charge is 0.242 e. The van der Waals surface area contributed by atoms with Crippen molar-refractivity contribution in [2.75, 3.05) is 5.32 Å². The fourth-order valence-corrected chi connectivity index (χ4v) is 4.26. The maximum absolute atomic E-state index is 13.2. The van der Waals surface area contributed by atoms with E-state index in [-0.39, 0.29) is 5.91 Å². The second-order valence-corrected chi connectivity index (χ2v) is 8.10. The predicted octanol–water partition coefficient (Wildman–Crippen LogP) is 4.70. The van der Waals surface area contributed by atoms with Gasteiger partial charge in [0.25, 0.3) is 0 Å². The van der Waals surface area contributed by atoms with E-state index in [0.717, 1.165) is 40.4 Å². The summed E-state index contributed by atoms with van der Waals surface area (Å²) in [5.74, 6) is -0.0541. The zero-order valence-corrected chi connectivity index (χ0v) is 16.2. The van der Waals surface area contributed by atoms with Crippen molar-refractivity contribution >= 4 is 23.4 Å². The fourth-order valence-electron chi connectivity index (χ4n) is 3.18. The number of rotatable bonds is 6. The summed E-state index contributed by atoms with van der Waals surface area (Å²) in [5.41, 5.74) is 4.03. The molecular weight excluding hydrogens is 356 g/mol. The third-order valence-electron chi connectivity index (χ3n) is 4.53. The Labute approximate surface area is 163 Å². The van der Waals surface area contributed by atoms with Crippen LogP contribution in [0, 0.1) is 13.8 Å². The van der Waals surface area contributed by atoms with Crippen LogP contribution in [-0.2, 0) is 4.79 Å². The van der Waals surface area contributed by atoms with E-state index in [0.29, 0.717) is 6.04 Å². The molecule has 1 heterocycles. The molecule has 6 heteroatoms. The van der Waals surface area contributed by atoms with Crippen molar-refractivity contribution in [2.24, 2.45) is 0 Å². The van der Waals surface area contributed by atoms with E-state index in [4.69, 9.17) is 0 Å². The van der Waals surface area contributed by atoms with Gasteiger partial charge in [-0.3, -0.25) is 4.79 Å². The van der Waals surface area contributed by atoms with Crippen molar-refractivity contribution in [1.29, 1.82) is 0 Å². The lowest BCUT2D eigenvalue weighted by Crippen LogP contribution is -2.19. The van der Waals surface area contributed by atoms with Gasteiger partial charge in [0.1, 0.15) is 11.6 Å². The topological polar surface area (TPSA) is 59.8 Å². The maximum atomic E-state index is 13.2. The molecule has 1 saturated carbocycles. The molecule has 1 aliphatic carbocycles. The fraction of sp³-hybridized carbons (Fsp3) is 0.286. The molecule has 1 amide bonds. The van der Waals surface area contributed by atoms with Crippen molar-refractivity contribution in [1.82, 2.24) is 14.8 Å². The molecule has 1 atom stereocenters. The number of amides is 1. The Bertz CT molecular complexity index is 930. The summed E-state index contributed by atoms with van der Waals surface area (Å²) in [6, 6.07) is 16.4. The van der Waals surface area contributed by atoms with Gasteiger partial charge >= 0.3 is 0 Å². The number of nitrogens with zero attached hydrogens (tertiary/aromatic N) is 3. The number of carbonyl (C=O) groups excluding carboxylic acids is 1. The highest BCUT2D eigenvalue weighted by molar-refractivity contribution is 8.00. The summed E-state index contributed by atoms with van der Waals surface area (Å²) in [4.78, 5) is 13.2. The molecule has 0 saturated heterocycles. The first-order valence-corrected chi connectivity index (χ1v) is 9.98. The van der Waals surface area contributed by atoms with E-state index in [1.54, 1.807) is 6.33 Å². The van der Waals surface area contributed by atoms with Crippen LogP contribution in [0.1, 0.15) is 40.8 Å². The lowest BCUT2D eigenvalue weighted by atomic mass is 10.1. The normalized spacial score (nSPS) is 14.7. The Morgan fingerprint density at radius 1 is 1.15 bits per heavy atom. The van der Waals surface area contributed by atoms with E-state index in [1.807, 2.05) is 56.3 Å². The number of hydrogen-bond acceptors (Lipinski definition) is 4. The summed E-state index contributed by atoms with van der Waals surface area (Å²) >= 11 is 1.46. The molecule has 3 aromatic rings. The van der Waals surface area contributed by atoms with Gasteiger partial charge in [-0.15, -0.1) is 10.2 Å². The van der Waals surface area contributed by atoms with E-state index in [9.17, 15) is 4.79 Å². The van der Waals surface area contributed by atoms with Crippen LogP contribution >= 0.6 is 11.8 Å². The molecule has 2 aromatic carbocycles. The van der Waals surface area contributed by atoms with Crippen LogP contribution in [0.25, 0.3) is 0 Å². The molecule has 1 N–H and O–H groups in total. The van der Waals surface area contributed by atoms with Gasteiger partial charge in [0.05, 0.1) is 0 Å². The SMILES string of the molecule is Cc1cc(C)cc(NC(=O)[C@H](Sc2nncn2C2CC2)c2ccccc2)c1. The van der Waals surface area contributed by atoms with Gasteiger partial charge in [-0.05, 0) is 55.5 Å². The molecule has 0 unspecified atom stereocenters. The molecule has 138 valence electrons. The second kappa shape index (κ2) is 7.56. The number of benzene rings is 2. The van der Waals surface area contributed by atoms with Crippen LogP contribution in [0.15, 0.2) is 60.0 Å². The molecular formula is C21H22N4OS. The van der Waals surface area contributed by atoms with Gasteiger partial charge in [0.2, 0.25) is 5.91 Å². The number of anilines is 1. The zero-order chi connectivity index (χ0) is 18.8. The third-order valence-corrected chi connectivity index (χ3v) is 5.76. The lowest BCUT2D eigenvalue weighted by Gasteiger charge is -2.17. The monoisotopic (exact) mass is 378 g/mol. The summed E-state index contributed by atoms with van der Waals surface area (Å²) in [6.07, 6.45) is 4.07. The highest BCUT2D eigenvalue weighted by atomic mass is 32.2. The van der Waals surface area contributed by atoms with Crippen LogP contribution in [-0.4, -0.2) is 20.7 Å². The average molecular weight is 379 g/mol. The Morgan fingerprint density at radius 3 is 2.52 bits per heavy atom. The van der Waals surface area contributed by atoms with Gasteiger partial charge < -0.3 is 9.88 Å². The van der Waals surface area contributed by atoms with Gasteiger partial charge in [0.15, 0.2) is 5.16 Å². The zero-order valence-electron chi connectivity index (χ0n) is 15.4. The average Bonchev–Trinajstić information content (AvgIpc) is 3.38. The number of hydrogen-bond donors (Lipinski definition) is 1. The molecule has 5 nitrogen and oxygen atoms in total. The summed E-state index contributed by atoms with van der Waals surface area (Å²) in [7, 11) is 0. The number of thioether (sulfide) groups is 1. The van der Waals surface area contributed by atoms with Crippen LogP contribution in [0.2, 0.25) is 0 Å². The minimum Gasteiger partial charge on any atom is -0.325 e. The minimum atomic E-state index is -0.395. The Morgan fingerprint density at radius 2 is 1.85 bits per heavy atom.